The molecule has 0 bridgehead atoms. The average molecular weight is 224 g/mol. The van der Waals surface area contributed by atoms with E-state index >= 15 is 0 Å². The van der Waals surface area contributed by atoms with Gasteiger partial charge < -0.3 is 4.74 Å². The van der Waals surface area contributed by atoms with Crippen LogP contribution >= 0.6 is 11.6 Å². The molecule has 0 fully saturated rings. The lowest BCUT2D eigenvalue weighted by Gasteiger charge is -2.04. The molecule has 2 aromatic rings. The molecule has 0 atom stereocenters. The fraction of sp³-hybridized carbons (Fsp3) is 0.200. The van der Waals surface area contributed by atoms with Gasteiger partial charge in [-0.3, -0.25) is 4.68 Å². The van der Waals surface area contributed by atoms with Crippen molar-refractivity contribution in [1.29, 1.82) is 0 Å². The maximum Gasteiger partial charge on any atom is 0.223 e. The zero-order chi connectivity index (χ0) is 10.7. The molecule has 15 heavy (non-hydrogen) atoms. The Kier molecular flexibility index (Phi) is 2.87. The van der Waals surface area contributed by atoms with Crippen molar-refractivity contribution in [3.8, 4) is 11.6 Å². The molecular weight excluding hydrogens is 214 g/mol. The van der Waals surface area contributed by atoms with Crippen LogP contribution in [0.25, 0.3) is 0 Å². The first-order valence-electron chi connectivity index (χ1n) is 4.46. The van der Waals surface area contributed by atoms with E-state index in [1.54, 1.807) is 23.3 Å². The second-order valence-corrected chi connectivity index (χ2v) is 3.32. The highest BCUT2D eigenvalue weighted by Crippen LogP contribution is 2.22. The fourth-order valence-electron chi connectivity index (χ4n) is 1.18. The van der Waals surface area contributed by atoms with Crippen LogP contribution in [0.4, 0.5) is 0 Å². The summed E-state index contributed by atoms with van der Waals surface area (Å²) in [4.78, 5) is 4.11. The van der Waals surface area contributed by atoms with Gasteiger partial charge in [0.2, 0.25) is 5.88 Å². The number of aromatic nitrogens is 3. The summed E-state index contributed by atoms with van der Waals surface area (Å²) in [5, 5.41) is 4.00. The summed E-state index contributed by atoms with van der Waals surface area (Å²) >= 11 is 5.76. The quantitative estimate of drug-likeness (QED) is 0.750. The Balaban J connectivity index is 2.23. The first kappa shape index (κ1) is 9.98. The van der Waals surface area contributed by atoms with Crippen molar-refractivity contribution < 1.29 is 4.74 Å². The summed E-state index contributed by atoms with van der Waals surface area (Å²) in [5.41, 5.74) is 0.864. The molecule has 0 saturated carbocycles. The Morgan fingerprint density at radius 3 is 3.07 bits per heavy atom. The molecule has 78 valence electrons. The summed E-state index contributed by atoms with van der Waals surface area (Å²) in [7, 11) is 1.83. The van der Waals surface area contributed by atoms with Gasteiger partial charge in [0, 0.05) is 18.8 Å². The van der Waals surface area contributed by atoms with Gasteiger partial charge in [0.15, 0.2) is 5.75 Å². The standard InChI is InChI=1S/C10H10ClN3O/c1-14-7-9(6-13-14)15-10-8(5-11)3-2-4-12-10/h2-4,6-7H,5H2,1H3. The molecule has 0 N–H and O–H groups in total. The van der Waals surface area contributed by atoms with Gasteiger partial charge in [-0.25, -0.2) is 4.98 Å². The molecule has 0 aliphatic carbocycles. The van der Waals surface area contributed by atoms with E-state index < -0.39 is 0 Å². The predicted molar refractivity (Wildman–Crippen MR) is 57.1 cm³/mol. The Hall–Kier alpha value is -1.55. The van der Waals surface area contributed by atoms with Crippen molar-refractivity contribution in [1.82, 2.24) is 14.8 Å². The highest BCUT2D eigenvalue weighted by molar-refractivity contribution is 6.17. The molecule has 4 nitrogen and oxygen atoms in total. The summed E-state index contributed by atoms with van der Waals surface area (Å²) in [6.45, 7) is 0. The summed E-state index contributed by atoms with van der Waals surface area (Å²) in [6.07, 6.45) is 5.07. The van der Waals surface area contributed by atoms with Gasteiger partial charge in [0.1, 0.15) is 0 Å². The van der Waals surface area contributed by atoms with Crippen LogP contribution in [0, 0.1) is 0 Å². The van der Waals surface area contributed by atoms with E-state index in [0.29, 0.717) is 17.5 Å². The largest absolute Gasteiger partial charge is 0.435 e. The minimum Gasteiger partial charge on any atom is -0.435 e. The number of pyridine rings is 1. The van der Waals surface area contributed by atoms with Crippen LogP contribution in [-0.4, -0.2) is 14.8 Å². The van der Waals surface area contributed by atoms with Gasteiger partial charge in [-0.05, 0) is 6.07 Å². The molecule has 0 aromatic carbocycles. The van der Waals surface area contributed by atoms with E-state index in [1.165, 1.54) is 0 Å². The Bertz CT molecular complexity index is 455. The van der Waals surface area contributed by atoms with Crippen molar-refractivity contribution in [3.05, 3.63) is 36.3 Å². The molecule has 0 aliphatic heterocycles. The lowest BCUT2D eigenvalue weighted by Crippen LogP contribution is -1.91. The highest BCUT2D eigenvalue weighted by atomic mass is 35.5. The van der Waals surface area contributed by atoms with Crippen molar-refractivity contribution in [3.63, 3.8) is 0 Å². The smallest absolute Gasteiger partial charge is 0.223 e. The van der Waals surface area contributed by atoms with Crippen LogP contribution in [0.5, 0.6) is 11.6 Å². The summed E-state index contributed by atoms with van der Waals surface area (Å²) in [6, 6.07) is 3.71. The number of hydrogen-bond acceptors (Lipinski definition) is 3. The predicted octanol–water partition coefficient (Wildman–Crippen LogP) is 2.35. The fourth-order valence-corrected chi connectivity index (χ4v) is 1.38. The van der Waals surface area contributed by atoms with Gasteiger partial charge >= 0.3 is 0 Å². The zero-order valence-corrected chi connectivity index (χ0v) is 8.98. The van der Waals surface area contributed by atoms with E-state index in [0.717, 1.165) is 5.56 Å². The van der Waals surface area contributed by atoms with E-state index in [-0.39, 0.29) is 0 Å². The maximum atomic E-state index is 5.76. The lowest BCUT2D eigenvalue weighted by molar-refractivity contribution is 0.458. The number of ether oxygens (including phenoxy) is 1. The second kappa shape index (κ2) is 4.31. The van der Waals surface area contributed by atoms with E-state index in [9.17, 15) is 0 Å². The van der Waals surface area contributed by atoms with E-state index in [2.05, 4.69) is 10.1 Å². The van der Waals surface area contributed by atoms with Crippen LogP contribution in [0.15, 0.2) is 30.7 Å². The number of rotatable bonds is 3. The summed E-state index contributed by atoms with van der Waals surface area (Å²) < 4.78 is 7.21. The topological polar surface area (TPSA) is 39.9 Å². The molecule has 2 heterocycles. The van der Waals surface area contributed by atoms with Gasteiger partial charge in [0.25, 0.3) is 0 Å². The average Bonchev–Trinajstić information content (AvgIpc) is 2.65. The zero-order valence-electron chi connectivity index (χ0n) is 8.22. The summed E-state index contributed by atoms with van der Waals surface area (Å²) in [5.74, 6) is 1.56. The number of aryl methyl sites for hydroxylation is 1. The molecule has 0 unspecified atom stereocenters. The number of hydrogen-bond donors (Lipinski definition) is 0. The Morgan fingerprint density at radius 2 is 2.40 bits per heavy atom. The van der Waals surface area contributed by atoms with Gasteiger partial charge in [-0.15, -0.1) is 11.6 Å². The first-order valence-corrected chi connectivity index (χ1v) is 4.99. The second-order valence-electron chi connectivity index (χ2n) is 3.05. The molecule has 0 saturated heterocycles. The monoisotopic (exact) mass is 223 g/mol. The molecule has 5 heteroatoms. The minimum atomic E-state index is 0.378. The van der Waals surface area contributed by atoms with Crippen molar-refractivity contribution in [2.75, 3.05) is 0 Å². The van der Waals surface area contributed by atoms with Crippen molar-refractivity contribution in [2.45, 2.75) is 5.88 Å². The van der Waals surface area contributed by atoms with Crippen LogP contribution in [0.1, 0.15) is 5.56 Å². The molecule has 0 aliphatic rings. The van der Waals surface area contributed by atoms with Crippen LogP contribution < -0.4 is 4.74 Å². The van der Waals surface area contributed by atoms with Gasteiger partial charge in [-0.2, -0.15) is 5.10 Å². The molecule has 2 rings (SSSR count). The Morgan fingerprint density at radius 1 is 1.53 bits per heavy atom. The molecular formula is C10H10ClN3O. The van der Waals surface area contributed by atoms with E-state index in [1.807, 2.05) is 19.2 Å². The number of alkyl halides is 1. The third-order valence-electron chi connectivity index (χ3n) is 1.89. The van der Waals surface area contributed by atoms with Crippen molar-refractivity contribution in [2.24, 2.45) is 7.05 Å². The van der Waals surface area contributed by atoms with Crippen LogP contribution in [-0.2, 0) is 12.9 Å². The molecule has 2 aromatic heterocycles. The highest BCUT2D eigenvalue weighted by Gasteiger charge is 2.05. The van der Waals surface area contributed by atoms with Gasteiger partial charge in [0.05, 0.1) is 18.3 Å². The SMILES string of the molecule is Cn1cc(Oc2ncccc2CCl)cn1. The lowest BCUT2D eigenvalue weighted by atomic mass is 10.3. The number of halogens is 1. The van der Waals surface area contributed by atoms with Crippen LogP contribution in [0.2, 0.25) is 0 Å². The van der Waals surface area contributed by atoms with Crippen LogP contribution in [0.3, 0.4) is 0 Å². The first-order chi connectivity index (χ1) is 7.29. The normalized spacial score (nSPS) is 10.3. The molecule has 0 spiro atoms. The molecule has 0 amide bonds. The van der Waals surface area contributed by atoms with Gasteiger partial charge in [-0.1, -0.05) is 6.07 Å². The third kappa shape index (κ3) is 2.27. The third-order valence-corrected chi connectivity index (χ3v) is 2.18. The van der Waals surface area contributed by atoms with Crippen molar-refractivity contribution >= 4 is 11.6 Å². The maximum absolute atomic E-state index is 5.76. The Labute approximate surface area is 92.5 Å². The van der Waals surface area contributed by atoms with E-state index in [4.69, 9.17) is 16.3 Å². The number of nitrogens with zero attached hydrogens (tertiary/aromatic N) is 3. The molecule has 0 radical (unpaired) electrons. The minimum absolute atomic E-state index is 0.378.